The molecule has 3 aromatic carbocycles. The third kappa shape index (κ3) is 6.00. The van der Waals surface area contributed by atoms with Gasteiger partial charge in [-0.1, -0.05) is 105 Å². The summed E-state index contributed by atoms with van der Waals surface area (Å²) in [5.74, 6) is 5.18. The zero-order valence-corrected chi connectivity index (χ0v) is 36.7. The summed E-state index contributed by atoms with van der Waals surface area (Å²) in [6.07, 6.45) is 29.2. The summed E-state index contributed by atoms with van der Waals surface area (Å²) < 4.78 is 0. The van der Waals surface area contributed by atoms with E-state index in [1.165, 1.54) is 151 Å². The van der Waals surface area contributed by atoms with Gasteiger partial charge in [0.2, 0.25) is 0 Å². The second-order valence-corrected chi connectivity index (χ2v) is 24.5. The third-order valence-electron chi connectivity index (χ3n) is 19.0. The van der Waals surface area contributed by atoms with Crippen LogP contribution in [0.2, 0.25) is 0 Å². The zero-order valence-electron chi connectivity index (χ0n) is 35.0. The summed E-state index contributed by atoms with van der Waals surface area (Å²) in [5.41, 5.74) is 8.85. The largest absolute Gasteiger partial charge is 0.292 e. The fraction of sp³-hybridized carbons (Fsp3) is 0.667. The molecule has 4 saturated heterocycles. The number of hydrogen-bond donors (Lipinski definition) is 0. The molecule has 4 heterocycles. The van der Waals surface area contributed by atoms with Gasteiger partial charge in [0.15, 0.2) is 0 Å². The highest BCUT2D eigenvalue weighted by atomic mass is 32.2. The summed E-state index contributed by atoms with van der Waals surface area (Å²) in [7, 11) is 0. The molecule has 0 radical (unpaired) electrons. The van der Waals surface area contributed by atoms with Crippen molar-refractivity contribution in [1.29, 1.82) is 0 Å². The summed E-state index contributed by atoms with van der Waals surface area (Å²) in [6.45, 7) is 0. The Morgan fingerprint density at radius 2 is 0.793 bits per heavy atom. The van der Waals surface area contributed by atoms with Crippen LogP contribution < -0.4 is 0 Å². The first-order chi connectivity index (χ1) is 28.7. The van der Waals surface area contributed by atoms with Gasteiger partial charge in [-0.05, 0) is 165 Å². The smallest absolute Gasteiger partial charge is 0.0252 e. The lowest BCUT2D eigenvalue weighted by Gasteiger charge is -2.53. The minimum Gasteiger partial charge on any atom is -0.292 e. The van der Waals surface area contributed by atoms with Crippen molar-refractivity contribution in [3.8, 4) is 22.3 Å². The molecule has 58 heavy (non-hydrogen) atoms. The molecule has 10 aliphatic rings. The summed E-state index contributed by atoms with van der Waals surface area (Å²) in [6, 6.07) is 34.6. The fourth-order valence-corrected chi connectivity index (χ4v) is 20.9. The topological polar surface area (TPSA) is 6.48 Å². The van der Waals surface area contributed by atoms with Gasteiger partial charge in [0.1, 0.15) is 0 Å². The zero-order chi connectivity index (χ0) is 37.9. The molecular formula is C54H68N2S2. The normalized spacial score (nSPS) is 44.3. The molecule has 0 amide bonds. The van der Waals surface area contributed by atoms with E-state index in [4.69, 9.17) is 0 Å². The lowest BCUT2D eigenvalue weighted by molar-refractivity contribution is 0.0606. The van der Waals surface area contributed by atoms with Crippen molar-refractivity contribution in [2.45, 2.75) is 198 Å². The van der Waals surface area contributed by atoms with Crippen molar-refractivity contribution < 1.29 is 0 Å². The van der Waals surface area contributed by atoms with Gasteiger partial charge in [-0.3, -0.25) is 9.80 Å². The number of benzene rings is 3. The van der Waals surface area contributed by atoms with Gasteiger partial charge in [0.25, 0.3) is 0 Å². The monoisotopic (exact) mass is 808 g/mol. The van der Waals surface area contributed by atoms with E-state index in [9.17, 15) is 0 Å². The maximum atomic E-state index is 3.23. The average Bonchev–Trinajstić information content (AvgIpc) is 3.81. The fourth-order valence-electron chi connectivity index (χ4n) is 16.8. The molecule has 0 aromatic heterocycles. The van der Waals surface area contributed by atoms with Gasteiger partial charge in [-0.15, -0.1) is 0 Å². The van der Waals surface area contributed by atoms with E-state index >= 15 is 0 Å². The van der Waals surface area contributed by atoms with Crippen LogP contribution in [0.3, 0.4) is 0 Å². The minimum absolute atomic E-state index is 0.718. The molecule has 0 bridgehead atoms. The maximum absolute atomic E-state index is 3.23. The number of thioether (sulfide) groups is 2. The van der Waals surface area contributed by atoms with E-state index in [1.54, 1.807) is 11.1 Å². The van der Waals surface area contributed by atoms with Crippen LogP contribution in [-0.4, -0.2) is 67.1 Å². The molecular weight excluding hydrogens is 741 g/mol. The molecule has 306 valence electrons. The van der Waals surface area contributed by atoms with Gasteiger partial charge in [0.05, 0.1) is 0 Å². The number of hydrogen-bond acceptors (Lipinski definition) is 4. The Balaban J connectivity index is 0.728. The van der Waals surface area contributed by atoms with E-state index in [1.807, 2.05) is 0 Å². The predicted molar refractivity (Wildman–Crippen MR) is 246 cm³/mol. The molecule has 16 atom stereocenters. The van der Waals surface area contributed by atoms with Crippen LogP contribution in [0.5, 0.6) is 0 Å². The Labute approximate surface area is 358 Å². The van der Waals surface area contributed by atoms with Crippen LogP contribution >= 0.6 is 23.5 Å². The molecule has 4 heteroatoms. The summed E-state index contributed by atoms with van der Waals surface area (Å²) in [4.78, 5) is 6.45. The van der Waals surface area contributed by atoms with Gasteiger partial charge in [-0.2, -0.15) is 23.5 Å². The van der Waals surface area contributed by atoms with E-state index in [-0.39, 0.29) is 0 Å². The van der Waals surface area contributed by atoms with E-state index in [0.717, 1.165) is 92.8 Å². The molecule has 6 saturated carbocycles. The van der Waals surface area contributed by atoms with E-state index < -0.39 is 0 Å². The van der Waals surface area contributed by atoms with Crippen molar-refractivity contribution in [1.82, 2.24) is 9.80 Å². The van der Waals surface area contributed by atoms with Crippen LogP contribution in [0.25, 0.3) is 22.3 Å². The standard InChI is InChI=1S/C54H68N2S2/c1-3-20-49-47(18-1)55-45-26-24-39(31-43(45)41-16-8-22-51(57-49)53(41)55)37-14-6-12-35(29-37)33-10-5-11-34(28-33)36-13-7-15-38(30-36)40-25-27-46-44(32-40)42-17-9-23-52-54(42)56(46)48-19-2-4-21-50(48)58-52/h5-7,10-15,28-30,39-54H,1-4,8-9,16-27,31-32H2. The van der Waals surface area contributed by atoms with Crippen LogP contribution in [0, 0.1) is 23.7 Å². The van der Waals surface area contributed by atoms with Crippen molar-refractivity contribution in [3.63, 3.8) is 0 Å². The SMILES string of the molecule is c1cc(-c2cccc(C3CCC4C(C3)C3CCCC5SC6CCCCC6N4C53)c2)cc(-c2cccc(C3CCC4C(C3)C3CCCC5SC6CCCCC6N4C53)c2)c1. The highest BCUT2D eigenvalue weighted by molar-refractivity contribution is 8.00. The quantitative estimate of drug-likeness (QED) is 0.259. The Morgan fingerprint density at radius 1 is 0.362 bits per heavy atom. The molecule has 10 fully saturated rings. The van der Waals surface area contributed by atoms with Crippen molar-refractivity contribution in [3.05, 3.63) is 83.9 Å². The highest BCUT2D eigenvalue weighted by Crippen LogP contribution is 2.61. The first-order valence-corrected chi connectivity index (χ1v) is 26.8. The molecule has 2 nitrogen and oxygen atoms in total. The summed E-state index contributed by atoms with van der Waals surface area (Å²) >= 11 is 4.93. The number of fused-ring (bicyclic) bond motifs is 10. The van der Waals surface area contributed by atoms with Gasteiger partial charge in [-0.25, -0.2) is 0 Å². The third-order valence-corrected chi connectivity index (χ3v) is 22.5. The molecule has 0 spiro atoms. The first kappa shape index (κ1) is 36.9. The van der Waals surface area contributed by atoms with E-state index in [2.05, 4.69) is 106 Å². The molecule has 16 unspecified atom stereocenters. The summed E-state index contributed by atoms with van der Waals surface area (Å²) in [5, 5.41) is 3.70. The molecule has 13 rings (SSSR count). The number of rotatable bonds is 4. The van der Waals surface area contributed by atoms with Crippen LogP contribution in [0.15, 0.2) is 72.8 Å². The number of nitrogens with zero attached hydrogens (tertiary/aromatic N) is 2. The Bertz CT molecular complexity index is 1860. The first-order valence-electron chi connectivity index (χ1n) is 24.9. The van der Waals surface area contributed by atoms with Crippen LogP contribution in [0.4, 0.5) is 0 Å². The second-order valence-electron chi connectivity index (χ2n) is 21.5. The lowest BCUT2D eigenvalue weighted by Crippen LogP contribution is -2.59. The highest BCUT2D eigenvalue weighted by Gasteiger charge is 2.61. The van der Waals surface area contributed by atoms with Gasteiger partial charge < -0.3 is 0 Å². The molecule has 3 aromatic rings. The average molecular weight is 809 g/mol. The van der Waals surface area contributed by atoms with Crippen molar-refractivity contribution >= 4 is 23.5 Å². The predicted octanol–water partition coefficient (Wildman–Crippen LogP) is 13.3. The molecule has 0 N–H and O–H groups in total. The molecule has 6 aliphatic carbocycles. The van der Waals surface area contributed by atoms with Gasteiger partial charge in [0, 0.05) is 57.3 Å². The van der Waals surface area contributed by atoms with Crippen LogP contribution in [0.1, 0.15) is 151 Å². The Morgan fingerprint density at radius 3 is 1.29 bits per heavy atom. The Hall–Kier alpha value is -1.72. The molecule has 4 aliphatic heterocycles. The maximum Gasteiger partial charge on any atom is 0.0252 e. The van der Waals surface area contributed by atoms with Gasteiger partial charge >= 0.3 is 0 Å². The second kappa shape index (κ2) is 15.0. The van der Waals surface area contributed by atoms with Crippen molar-refractivity contribution in [2.24, 2.45) is 23.7 Å². The lowest BCUT2D eigenvalue weighted by atomic mass is 9.69. The Kier molecular flexibility index (Phi) is 9.53. The van der Waals surface area contributed by atoms with Crippen LogP contribution in [-0.2, 0) is 0 Å². The van der Waals surface area contributed by atoms with Crippen molar-refractivity contribution in [2.75, 3.05) is 0 Å². The van der Waals surface area contributed by atoms with E-state index in [0.29, 0.717) is 0 Å². The minimum atomic E-state index is 0.718.